The van der Waals surface area contributed by atoms with E-state index in [4.69, 9.17) is 15.7 Å². The van der Waals surface area contributed by atoms with Gasteiger partial charge in [0.15, 0.2) is 0 Å². The third-order valence-electron chi connectivity index (χ3n) is 1.84. The average molecular weight is 216 g/mol. The highest BCUT2D eigenvalue weighted by molar-refractivity contribution is 5.60. The SMILES string of the molecule is Cn1cnc(Oc2nccc(C#N)c2N)n1. The van der Waals surface area contributed by atoms with E-state index in [0.717, 1.165) is 0 Å². The van der Waals surface area contributed by atoms with E-state index in [0.29, 0.717) is 5.56 Å². The number of hydrogen-bond acceptors (Lipinski definition) is 6. The Morgan fingerprint density at radius 3 is 2.94 bits per heavy atom. The molecule has 2 aromatic heterocycles. The molecule has 0 bridgehead atoms. The summed E-state index contributed by atoms with van der Waals surface area (Å²) in [4.78, 5) is 7.76. The van der Waals surface area contributed by atoms with Gasteiger partial charge in [-0.2, -0.15) is 10.2 Å². The summed E-state index contributed by atoms with van der Waals surface area (Å²) in [6, 6.07) is 3.58. The van der Waals surface area contributed by atoms with Gasteiger partial charge in [0.05, 0.1) is 5.56 Å². The van der Waals surface area contributed by atoms with Crippen molar-refractivity contribution in [1.82, 2.24) is 19.7 Å². The molecular weight excluding hydrogens is 208 g/mol. The average Bonchev–Trinajstić information content (AvgIpc) is 2.67. The van der Waals surface area contributed by atoms with E-state index in [-0.39, 0.29) is 17.6 Å². The van der Waals surface area contributed by atoms with E-state index in [9.17, 15) is 0 Å². The van der Waals surface area contributed by atoms with Crippen LogP contribution in [0.1, 0.15) is 5.56 Å². The van der Waals surface area contributed by atoms with Gasteiger partial charge in [0, 0.05) is 13.2 Å². The molecule has 0 unspecified atom stereocenters. The van der Waals surface area contributed by atoms with Crippen molar-refractivity contribution >= 4 is 5.69 Å². The number of pyridine rings is 1. The largest absolute Gasteiger partial charge is 0.402 e. The van der Waals surface area contributed by atoms with Gasteiger partial charge in [-0.1, -0.05) is 0 Å². The van der Waals surface area contributed by atoms with Crippen molar-refractivity contribution in [1.29, 1.82) is 5.26 Å². The molecule has 0 aliphatic heterocycles. The van der Waals surface area contributed by atoms with Crippen molar-refractivity contribution in [2.24, 2.45) is 7.05 Å². The van der Waals surface area contributed by atoms with Crippen molar-refractivity contribution in [3.63, 3.8) is 0 Å². The molecular formula is C9H8N6O. The first-order valence-corrected chi connectivity index (χ1v) is 4.39. The van der Waals surface area contributed by atoms with E-state index in [1.165, 1.54) is 23.3 Å². The van der Waals surface area contributed by atoms with E-state index < -0.39 is 0 Å². The van der Waals surface area contributed by atoms with Gasteiger partial charge in [-0.05, 0) is 6.07 Å². The number of aryl methyl sites for hydroxylation is 1. The van der Waals surface area contributed by atoms with E-state index in [1.807, 2.05) is 6.07 Å². The van der Waals surface area contributed by atoms with Crippen LogP contribution in [0.25, 0.3) is 0 Å². The molecule has 0 radical (unpaired) electrons. The molecule has 0 saturated heterocycles. The predicted octanol–water partition coefficient (Wildman–Crippen LogP) is 0.456. The van der Waals surface area contributed by atoms with Crippen molar-refractivity contribution in [2.75, 3.05) is 5.73 Å². The normalized spacial score (nSPS) is 9.75. The zero-order valence-electron chi connectivity index (χ0n) is 8.45. The number of hydrogen-bond donors (Lipinski definition) is 1. The highest BCUT2D eigenvalue weighted by Crippen LogP contribution is 2.24. The summed E-state index contributed by atoms with van der Waals surface area (Å²) in [6.07, 6.45) is 2.92. The minimum absolute atomic E-state index is 0.130. The van der Waals surface area contributed by atoms with Crippen LogP contribution < -0.4 is 10.5 Å². The molecule has 2 N–H and O–H groups in total. The lowest BCUT2D eigenvalue weighted by Crippen LogP contribution is -1.99. The van der Waals surface area contributed by atoms with Crippen LogP contribution in [0.5, 0.6) is 11.9 Å². The number of anilines is 1. The van der Waals surface area contributed by atoms with Gasteiger partial charge in [-0.15, -0.1) is 5.10 Å². The van der Waals surface area contributed by atoms with Crippen LogP contribution in [-0.2, 0) is 7.05 Å². The van der Waals surface area contributed by atoms with Gasteiger partial charge in [-0.25, -0.2) is 4.98 Å². The Bertz CT molecular complexity index is 555. The van der Waals surface area contributed by atoms with Gasteiger partial charge in [0.2, 0.25) is 5.88 Å². The summed E-state index contributed by atoms with van der Waals surface area (Å²) >= 11 is 0. The van der Waals surface area contributed by atoms with Crippen molar-refractivity contribution in [3.8, 4) is 18.0 Å². The summed E-state index contributed by atoms with van der Waals surface area (Å²) in [5, 5.41) is 12.7. The molecule has 0 aliphatic carbocycles. The molecule has 7 nitrogen and oxygen atoms in total. The standard InChI is InChI=1S/C9H8N6O/c1-15-5-13-9(14-15)16-8-7(11)6(4-10)2-3-12-8/h2-3,5H,11H2,1H3. The van der Waals surface area contributed by atoms with E-state index in [1.54, 1.807) is 7.05 Å². The molecule has 0 spiro atoms. The lowest BCUT2D eigenvalue weighted by Gasteiger charge is -2.03. The maximum absolute atomic E-state index is 8.76. The van der Waals surface area contributed by atoms with Crippen molar-refractivity contribution < 1.29 is 4.74 Å². The fraction of sp³-hybridized carbons (Fsp3) is 0.111. The molecule has 2 aromatic rings. The maximum atomic E-state index is 8.76. The van der Waals surface area contributed by atoms with Crippen LogP contribution in [0.3, 0.4) is 0 Å². The zero-order valence-corrected chi connectivity index (χ0v) is 8.45. The van der Waals surface area contributed by atoms with Crippen LogP contribution in [0.4, 0.5) is 5.69 Å². The van der Waals surface area contributed by atoms with Gasteiger partial charge in [-0.3, -0.25) is 4.68 Å². The molecule has 0 saturated carbocycles. The van der Waals surface area contributed by atoms with Crippen LogP contribution in [0.2, 0.25) is 0 Å². The molecule has 7 heteroatoms. The summed E-state index contributed by atoms with van der Waals surface area (Å²) in [5.74, 6) is 0.130. The van der Waals surface area contributed by atoms with E-state index in [2.05, 4.69) is 15.1 Å². The minimum Gasteiger partial charge on any atom is -0.402 e. The molecule has 0 fully saturated rings. The van der Waals surface area contributed by atoms with Gasteiger partial charge in [0.25, 0.3) is 0 Å². The Morgan fingerprint density at radius 1 is 1.50 bits per heavy atom. The Hall–Kier alpha value is -2.62. The third kappa shape index (κ3) is 1.76. The first kappa shape index (κ1) is 9.92. The van der Waals surface area contributed by atoms with Crippen LogP contribution in [-0.4, -0.2) is 19.7 Å². The Morgan fingerprint density at radius 2 is 2.31 bits per heavy atom. The molecule has 0 atom stereocenters. The second kappa shape index (κ2) is 3.86. The number of nitrogens with zero attached hydrogens (tertiary/aromatic N) is 5. The molecule has 0 amide bonds. The Labute approximate surface area is 91.1 Å². The number of ether oxygens (including phenoxy) is 1. The first-order chi connectivity index (χ1) is 7.70. The zero-order chi connectivity index (χ0) is 11.5. The topological polar surface area (TPSA) is 103 Å². The molecule has 0 aromatic carbocycles. The summed E-state index contributed by atoms with van der Waals surface area (Å²) in [5.41, 5.74) is 6.16. The van der Waals surface area contributed by atoms with Crippen LogP contribution >= 0.6 is 0 Å². The molecule has 80 valence electrons. The van der Waals surface area contributed by atoms with E-state index >= 15 is 0 Å². The lowest BCUT2D eigenvalue weighted by molar-refractivity contribution is 0.425. The summed E-state index contributed by atoms with van der Waals surface area (Å²) < 4.78 is 6.73. The fourth-order valence-corrected chi connectivity index (χ4v) is 1.09. The predicted molar refractivity (Wildman–Crippen MR) is 54.4 cm³/mol. The number of nitriles is 1. The second-order valence-corrected chi connectivity index (χ2v) is 2.99. The van der Waals surface area contributed by atoms with Crippen molar-refractivity contribution in [3.05, 3.63) is 24.2 Å². The van der Waals surface area contributed by atoms with Gasteiger partial charge >= 0.3 is 6.01 Å². The number of nitrogen functional groups attached to an aromatic ring is 1. The summed E-state index contributed by atoms with van der Waals surface area (Å²) in [6.45, 7) is 0. The second-order valence-electron chi connectivity index (χ2n) is 2.99. The maximum Gasteiger partial charge on any atom is 0.342 e. The minimum atomic E-state index is 0.130. The third-order valence-corrected chi connectivity index (χ3v) is 1.84. The summed E-state index contributed by atoms with van der Waals surface area (Å²) in [7, 11) is 1.71. The Balaban J connectivity index is 2.32. The monoisotopic (exact) mass is 216 g/mol. The molecule has 0 aliphatic rings. The fourth-order valence-electron chi connectivity index (χ4n) is 1.09. The number of rotatable bonds is 2. The molecule has 2 rings (SSSR count). The smallest absolute Gasteiger partial charge is 0.342 e. The Kier molecular flexibility index (Phi) is 2.39. The molecule has 16 heavy (non-hydrogen) atoms. The van der Waals surface area contributed by atoms with Crippen molar-refractivity contribution in [2.45, 2.75) is 0 Å². The first-order valence-electron chi connectivity index (χ1n) is 4.39. The number of aromatic nitrogens is 4. The quantitative estimate of drug-likeness (QED) is 0.782. The lowest BCUT2D eigenvalue weighted by atomic mass is 10.2. The van der Waals surface area contributed by atoms with Crippen LogP contribution in [0.15, 0.2) is 18.6 Å². The van der Waals surface area contributed by atoms with Gasteiger partial charge < -0.3 is 10.5 Å². The highest BCUT2D eigenvalue weighted by Gasteiger charge is 2.10. The molecule has 2 heterocycles. The highest BCUT2D eigenvalue weighted by atomic mass is 16.5. The van der Waals surface area contributed by atoms with Crippen LogP contribution in [0, 0.1) is 11.3 Å². The van der Waals surface area contributed by atoms with Gasteiger partial charge in [0.1, 0.15) is 18.1 Å². The number of nitrogens with two attached hydrogens (primary N) is 1.